The SMILES string of the molecule is CN=C(NCc1ccc(C)cc1OC1CCOC1)NCC1(N2CCOCC2)CCCCC1. The Balaban J connectivity index is 1.36. The van der Waals surface area contributed by atoms with E-state index in [1.165, 1.54) is 37.7 Å². The van der Waals surface area contributed by atoms with Crippen molar-refractivity contribution >= 4 is 5.96 Å². The van der Waals surface area contributed by atoms with Gasteiger partial charge in [-0.05, 0) is 31.4 Å². The predicted molar refractivity (Wildman–Crippen MR) is 127 cm³/mol. The Kier molecular flexibility index (Phi) is 8.27. The number of nitrogens with one attached hydrogen (secondary N) is 2. The number of hydrogen-bond acceptors (Lipinski definition) is 5. The molecule has 2 heterocycles. The van der Waals surface area contributed by atoms with Crippen LogP contribution in [0.1, 0.15) is 49.7 Å². The summed E-state index contributed by atoms with van der Waals surface area (Å²) in [4.78, 5) is 7.16. The van der Waals surface area contributed by atoms with Gasteiger partial charge < -0.3 is 24.8 Å². The number of benzene rings is 1. The van der Waals surface area contributed by atoms with E-state index in [1.54, 1.807) is 0 Å². The van der Waals surface area contributed by atoms with Crippen molar-refractivity contribution in [2.45, 2.75) is 63.6 Å². The first-order valence-electron chi connectivity index (χ1n) is 12.3. The molecule has 4 rings (SSSR count). The van der Waals surface area contributed by atoms with Crippen molar-refractivity contribution in [3.63, 3.8) is 0 Å². The number of aryl methyl sites for hydroxylation is 1. The summed E-state index contributed by atoms with van der Waals surface area (Å²) in [6.45, 7) is 8.90. The summed E-state index contributed by atoms with van der Waals surface area (Å²) in [5.41, 5.74) is 2.56. The molecule has 2 saturated heterocycles. The first-order chi connectivity index (χ1) is 15.7. The summed E-state index contributed by atoms with van der Waals surface area (Å²) in [6, 6.07) is 6.42. The Hall–Kier alpha value is -1.83. The van der Waals surface area contributed by atoms with E-state index in [0.29, 0.717) is 13.2 Å². The van der Waals surface area contributed by atoms with Gasteiger partial charge in [-0.1, -0.05) is 31.4 Å². The fourth-order valence-corrected chi connectivity index (χ4v) is 5.20. The van der Waals surface area contributed by atoms with Crippen molar-refractivity contribution in [3.05, 3.63) is 29.3 Å². The standard InChI is InChI=1S/C25H40N4O3/c1-20-6-7-21(23(16-20)32-22-8-13-31-18-22)17-27-24(26-2)28-19-25(9-4-3-5-10-25)29-11-14-30-15-12-29/h6-7,16,22H,3-5,8-15,17-19H2,1-2H3,(H2,26,27,28). The lowest BCUT2D eigenvalue weighted by Gasteiger charge is -2.48. The lowest BCUT2D eigenvalue weighted by atomic mass is 9.80. The molecule has 2 aliphatic heterocycles. The Morgan fingerprint density at radius 1 is 1.12 bits per heavy atom. The van der Waals surface area contributed by atoms with Crippen molar-refractivity contribution in [3.8, 4) is 5.75 Å². The fourth-order valence-electron chi connectivity index (χ4n) is 5.20. The Morgan fingerprint density at radius 3 is 2.66 bits per heavy atom. The molecule has 0 aromatic heterocycles. The highest BCUT2D eigenvalue weighted by atomic mass is 16.5. The number of morpholine rings is 1. The fraction of sp³-hybridized carbons (Fsp3) is 0.720. The van der Waals surface area contributed by atoms with E-state index in [-0.39, 0.29) is 11.6 Å². The zero-order valence-corrected chi connectivity index (χ0v) is 19.8. The predicted octanol–water partition coefficient (Wildman–Crippen LogP) is 2.86. The van der Waals surface area contributed by atoms with Crippen LogP contribution < -0.4 is 15.4 Å². The summed E-state index contributed by atoms with van der Waals surface area (Å²) in [5.74, 6) is 1.79. The van der Waals surface area contributed by atoms with Crippen LogP contribution in [0, 0.1) is 6.92 Å². The molecule has 7 nitrogen and oxygen atoms in total. The third kappa shape index (κ3) is 5.94. The van der Waals surface area contributed by atoms with Gasteiger partial charge in [-0.15, -0.1) is 0 Å². The monoisotopic (exact) mass is 444 g/mol. The lowest BCUT2D eigenvalue weighted by Crippen LogP contribution is -2.60. The molecule has 1 atom stereocenters. The summed E-state index contributed by atoms with van der Waals surface area (Å²) in [6.07, 6.45) is 7.55. The van der Waals surface area contributed by atoms with Crippen LogP contribution in [0.4, 0.5) is 0 Å². The second-order valence-corrected chi connectivity index (χ2v) is 9.38. The molecule has 32 heavy (non-hydrogen) atoms. The number of hydrogen-bond donors (Lipinski definition) is 2. The minimum absolute atomic E-state index is 0.146. The summed E-state index contributed by atoms with van der Waals surface area (Å²) < 4.78 is 17.4. The van der Waals surface area contributed by atoms with Gasteiger partial charge in [-0.2, -0.15) is 0 Å². The molecule has 1 aromatic carbocycles. The highest BCUT2D eigenvalue weighted by Crippen LogP contribution is 2.34. The van der Waals surface area contributed by atoms with Crippen LogP contribution in [0.2, 0.25) is 0 Å². The van der Waals surface area contributed by atoms with Crippen molar-refractivity contribution in [2.24, 2.45) is 4.99 Å². The molecule has 3 fully saturated rings. The van der Waals surface area contributed by atoms with Crippen molar-refractivity contribution in [2.75, 3.05) is 53.1 Å². The van der Waals surface area contributed by atoms with Crippen LogP contribution in [0.15, 0.2) is 23.2 Å². The summed E-state index contributed by atoms with van der Waals surface area (Å²) in [5, 5.41) is 7.16. The van der Waals surface area contributed by atoms with E-state index in [2.05, 4.69) is 45.6 Å². The molecule has 1 aliphatic carbocycles. The number of nitrogens with zero attached hydrogens (tertiary/aromatic N) is 2. The molecule has 0 spiro atoms. The van der Waals surface area contributed by atoms with Gasteiger partial charge in [0, 0.05) is 50.7 Å². The zero-order valence-electron chi connectivity index (χ0n) is 19.8. The van der Waals surface area contributed by atoms with E-state index in [0.717, 1.165) is 63.1 Å². The number of guanidine groups is 1. The van der Waals surface area contributed by atoms with Crippen molar-refractivity contribution in [1.29, 1.82) is 0 Å². The van der Waals surface area contributed by atoms with Crippen LogP contribution in [-0.2, 0) is 16.0 Å². The van der Waals surface area contributed by atoms with Gasteiger partial charge in [0.15, 0.2) is 5.96 Å². The van der Waals surface area contributed by atoms with Gasteiger partial charge in [0.25, 0.3) is 0 Å². The average Bonchev–Trinajstić information content (AvgIpc) is 3.34. The summed E-state index contributed by atoms with van der Waals surface area (Å²) in [7, 11) is 1.85. The lowest BCUT2D eigenvalue weighted by molar-refractivity contribution is -0.0352. The number of aliphatic imine (C=N–C) groups is 1. The largest absolute Gasteiger partial charge is 0.488 e. The highest BCUT2D eigenvalue weighted by molar-refractivity contribution is 5.79. The van der Waals surface area contributed by atoms with Crippen LogP contribution in [0.5, 0.6) is 5.75 Å². The second-order valence-electron chi connectivity index (χ2n) is 9.38. The van der Waals surface area contributed by atoms with E-state index in [1.807, 2.05) is 7.05 Å². The Morgan fingerprint density at radius 2 is 1.94 bits per heavy atom. The molecule has 0 bridgehead atoms. The van der Waals surface area contributed by atoms with Crippen LogP contribution >= 0.6 is 0 Å². The zero-order chi connectivity index (χ0) is 22.2. The maximum absolute atomic E-state index is 6.26. The average molecular weight is 445 g/mol. The molecule has 0 radical (unpaired) electrons. The van der Waals surface area contributed by atoms with E-state index in [4.69, 9.17) is 14.2 Å². The third-order valence-electron chi connectivity index (χ3n) is 7.13. The molecule has 7 heteroatoms. The second kappa shape index (κ2) is 11.3. The molecule has 2 N–H and O–H groups in total. The smallest absolute Gasteiger partial charge is 0.191 e. The van der Waals surface area contributed by atoms with Gasteiger partial charge >= 0.3 is 0 Å². The molecule has 3 aliphatic rings. The molecule has 0 amide bonds. The van der Waals surface area contributed by atoms with Gasteiger partial charge in [-0.3, -0.25) is 9.89 Å². The number of ether oxygens (including phenoxy) is 3. The van der Waals surface area contributed by atoms with Gasteiger partial charge in [-0.25, -0.2) is 0 Å². The Labute approximate surface area is 192 Å². The quantitative estimate of drug-likeness (QED) is 0.498. The van der Waals surface area contributed by atoms with Gasteiger partial charge in [0.1, 0.15) is 11.9 Å². The van der Waals surface area contributed by atoms with E-state index in [9.17, 15) is 0 Å². The molecular formula is C25H40N4O3. The van der Waals surface area contributed by atoms with Crippen LogP contribution in [0.25, 0.3) is 0 Å². The minimum Gasteiger partial charge on any atom is -0.488 e. The third-order valence-corrected chi connectivity index (χ3v) is 7.13. The maximum atomic E-state index is 6.26. The number of rotatable bonds is 7. The van der Waals surface area contributed by atoms with Crippen LogP contribution in [0.3, 0.4) is 0 Å². The Bertz CT molecular complexity index is 752. The highest BCUT2D eigenvalue weighted by Gasteiger charge is 2.38. The summed E-state index contributed by atoms with van der Waals surface area (Å²) >= 11 is 0. The van der Waals surface area contributed by atoms with Gasteiger partial charge in [0.05, 0.1) is 26.4 Å². The molecule has 1 saturated carbocycles. The topological polar surface area (TPSA) is 67.4 Å². The van der Waals surface area contributed by atoms with Crippen molar-refractivity contribution in [1.82, 2.24) is 15.5 Å². The molecular weight excluding hydrogens is 404 g/mol. The maximum Gasteiger partial charge on any atom is 0.191 e. The van der Waals surface area contributed by atoms with Crippen LogP contribution in [-0.4, -0.2) is 75.6 Å². The van der Waals surface area contributed by atoms with Gasteiger partial charge in [0.2, 0.25) is 0 Å². The molecule has 178 valence electrons. The normalized spacial score (nSPS) is 24.3. The first-order valence-corrected chi connectivity index (χ1v) is 12.3. The first kappa shape index (κ1) is 23.3. The minimum atomic E-state index is 0.146. The van der Waals surface area contributed by atoms with Crippen molar-refractivity contribution < 1.29 is 14.2 Å². The molecule has 1 aromatic rings. The molecule has 1 unspecified atom stereocenters. The van der Waals surface area contributed by atoms with E-state index < -0.39 is 0 Å². The van der Waals surface area contributed by atoms with E-state index >= 15 is 0 Å².